The predicted molar refractivity (Wildman–Crippen MR) is 113 cm³/mol. The van der Waals surface area contributed by atoms with Gasteiger partial charge in [-0.2, -0.15) is 0 Å². The topological polar surface area (TPSA) is 73.7 Å². The number of amides is 1. The van der Waals surface area contributed by atoms with E-state index in [-0.39, 0.29) is 11.3 Å². The normalized spacial score (nSPS) is 18.7. The Bertz CT molecular complexity index is 961. The number of rotatable bonds is 6. The van der Waals surface area contributed by atoms with E-state index in [9.17, 15) is 14.7 Å². The van der Waals surface area contributed by atoms with E-state index in [0.717, 1.165) is 6.54 Å². The maximum atomic E-state index is 12.9. The molecule has 152 valence electrons. The summed E-state index contributed by atoms with van der Waals surface area (Å²) in [5, 5.41) is 11.6. The van der Waals surface area contributed by atoms with Gasteiger partial charge in [0.2, 0.25) is 0 Å². The van der Waals surface area contributed by atoms with Gasteiger partial charge in [-0.25, -0.2) is 0 Å². The van der Waals surface area contributed by atoms with Crippen LogP contribution >= 0.6 is 23.2 Å². The number of hydrogen-bond donors (Lipinski definition) is 1. The molecule has 1 saturated heterocycles. The Morgan fingerprint density at radius 1 is 1.14 bits per heavy atom. The molecular formula is C21H21Cl2N3O3. The number of pyridine rings is 1. The van der Waals surface area contributed by atoms with Crippen molar-refractivity contribution >= 4 is 40.7 Å². The highest BCUT2D eigenvalue weighted by molar-refractivity contribution is 6.46. The third-order valence-electron chi connectivity index (χ3n) is 4.76. The van der Waals surface area contributed by atoms with E-state index in [1.165, 1.54) is 17.3 Å². The highest BCUT2D eigenvalue weighted by Crippen LogP contribution is 2.40. The summed E-state index contributed by atoms with van der Waals surface area (Å²) in [4.78, 5) is 33.1. The summed E-state index contributed by atoms with van der Waals surface area (Å²) in [6, 6.07) is 7.37. The summed E-state index contributed by atoms with van der Waals surface area (Å²) < 4.78 is 0. The van der Waals surface area contributed by atoms with Crippen molar-refractivity contribution in [3.8, 4) is 0 Å². The van der Waals surface area contributed by atoms with Crippen molar-refractivity contribution in [1.82, 2.24) is 14.8 Å². The molecule has 0 radical (unpaired) electrons. The fourth-order valence-corrected chi connectivity index (χ4v) is 3.67. The molecule has 1 aromatic heterocycles. The fourth-order valence-electron chi connectivity index (χ4n) is 3.36. The summed E-state index contributed by atoms with van der Waals surface area (Å²) in [6.45, 7) is 1.11. The Hall–Kier alpha value is -2.41. The zero-order chi connectivity index (χ0) is 21.1. The lowest BCUT2D eigenvalue weighted by Gasteiger charge is -2.26. The number of hydrogen-bond acceptors (Lipinski definition) is 5. The Kier molecular flexibility index (Phi) is 6.57. The number of carbonyl (C=O) groups excluding carboxylic acids is 2. The van der Waals surface area contributed by atoms with Crippen molar-refractivity contribution in [2.45, 2.75) is 12.5 Å². The van der Waals surface area contributed by atoms with Crippen molar-refractivity contribution in [2.24, 2.45) is 0 Å². The van der Waals surface area contributed by atoms with E-state index in [2.05, 4.69) is 4.98 Å². The second-order valence-electron chi connectivity index (χ2n) is 7.06. The predicted octanol–water partition coefficient (Wildman–Crippen LogP) is 3.76. The molecule has 29 heavy (non-hydrogen) atoms. The number of halogens is 2. The van der Waals surface area contributed by atoms with Crippen molar-refractivity contribution in [2.75, 3.05) is 27.2 Å². The number of benzene rings is 1. The van der Waals surface area contributed by atoms with Gasteiger partial charge in [0.1, 0.15) is 5.76 Å². The van der Waals surface area contributed by atoms with Crippen LogP contribution in [0.1, 0.15) is 23.6 Å². The summed E-state index contributed by atoms with van der Waals surface area (Å²) >= 11 is 12.2. The van der Waals surface area contributed by atoms with Gasteiger partial charge in [0.05, 0.1) is 21.7 Å². The first-order valence-electron chi connectivity index (χ1n) is 9.09. The van der Waals surface area contributed by atoms with Gasteiger partial charge in [-0.05, 0) is 56.9 Å². The highest BCUT2D eigenvalue weighted by Gasteiger charge is 2.45. The van der Waals surface area contributed by atoms with Crippen LogP contribution in [0.4, 0.5) is 0 Å². The summed E-state index contributed by atoms with van der Waals surface area (Å²) in [7, 11) is 3.88. The highest BCUT2D eigenvalue weighted by atomic mass is 35.5. The van der Waals surface area contributed by atoms with Crippen molar-refractivity contribution < 1.29 is 14.7 Å². The maximum Gasteiger partial charge on any atom is 0.295 e. The standard InChI is InChI=1S/C21H21Cl2N3O3/c1-25(2)10-3-11-26-18(14-4-5-15(22)16(23)12-14)17(20(28)21(26)29)19(27)13-6-8-24-9-7-13/h4-9,12,18,27H,3,10-11H2,1-2H3/t18-/m1/s1. The van der Waals surface area contributed by atoms with Gasteiger partial charge in [0, 0.05) is 24.5 Å². The summed E-state index contributed by atoms with van der Waals surface area (Å²) in [5.74, 6) is -1.60. The van der Waals surface area contributed by atoms with Crippen LogP contribution in [0.25, 0.3) is 5.76 Å². The molecule has 8 heteroatoms. The lowest BCUT2D eigenvalue weighted by Crippen LogP contribution is -2.32. The molecular weight excluding hydrogens is 413 g/mol. The summed E-state index contributed by atoms with van der Waals surface area (Å²) in [6.07, 6.45) is 3.69. The second kappa shape index (κ2) is 8.95. The van der Waals surface area contributed by atoms with Crippen LogP contribution in [-0.2, 0) is 9.59 Å². The van der Waals surface area contributed by atoms with E-state index in [1.54, 1.807) is 30.3 Å². The van der Waals surface area contributed by atoms with Gasteiger partial charge in [0.25, 0.3) is 11.7 Å². The van der Waals surface area contributed by atoms with Crippen LogP contribution in [0.15, 0.2) is 48.3 Å². The van der Waals surface area contributed by atoms with E-state index in [0.29, 0.717) is 34.1 Å². The zero-order valence-corrected chi connectivity index (χ0v) is 17.6. The molecule has 0 aliphatic carbocycles. The number of likely N-dealkylation sites (tertiary alicyclic amines) is 1. The van der Waals surface area contributed by atoms with Crippen LogP contribution < -0.4 is 0 Å². The fraction of sp³-hybridized carbons (Fsp3) is 0.286. The minimum Gasteiger partial charge on any atom is -0.507 e. The number of carbonyl (C=O) groups is 2. The molecule has 3 rings (SSSR count). The molecule has 1 atom stereocenters. The van der Waals surface area contributed by atoms with E-state index in [4.69, 9.17) is 23.2 Å². The molecule has 2 aromatic rings. The number of ketones is 1. The molecule has 0 saturated carbocycles. The maximum absolute atomic E-state index is 12.9. The molecule has 0 bridgehead atoms. The first-order chi connectivity index (χ1) is 13.8. The Labute approximate surface area is 179 Å². The van der Waals surface area contributed by atoms with E-state index >= 15 is 0 Å². The van der Waals surface area contributed by atoms with Gasteiger partial charge < -0.3 is 14.9 Å². The number of aliphatic hydroxyl groups is 1. The largest absolute Gasteiger partial charge is 0.507 e. The second-order valence-corrected chi connectivity index (χ2v) is 7.87. The van der Waals surface area contributed by atoms with E-state index in [1.807, 2.05) is 19.0 Å². The van der Waals surface area contributed by atoms with E-state index < -0.39 is 17.7 Å². The Balaban J connectivity index is 2.11. The minimum atomic E-state index is -0.750. The zero-order valence-electron chi connectivity index (χ0n) is 16.1. The molecule has 1 amide bonds. The van der Waals surface area contributed by atoms with Crippen LogP contribution in [-0.4, -0.2) is 58.8 Å². The molecule has 1 aliphatic heterocycles. The molecule has 1 aromatic carbocycles. The molecule has 0 spiro atoms. The van der Waals surface area contributed by atoms with Crippen molar-refractivity contribution in [3.05, 3.63) is 69.5 Å². The third kappa shape index (κ3) is 4.45. The number of nitrogens with zero attached hydrogens (tertiary/aromatic N) is 3. The number of Topliss-reactive ketones (excluding diaryl/α,β-unsaturated/α-hetero) is 1. The van der Waals surface area contributed by atoms with Gasteiger partial charge in [-0.1, -0.05) is 29.3 Å². The van der Waals surface area contributed by atoms with Crippen LogP contribution in [0.5, 0.6) is 0 Å². The third-order valence-corrected chi connectivity index (χ3v) is 5.50. The van der Waals surface area contributed by atoms with Crippen LogP contribution in [0.2, 0.25) is 10.0 Å². The lowest BCUT2D eigenvalue weighted by atomic mass is 9.95. The van der Waals surface area contributed by atoms with Crippen molar-refractivity contribution in [1.29, 1.82) is 0 Å². The van der Waals surface area contributed by atoms with Crippen LogP contribution in [0, 0.1) is 0 Å². The van der Waals surface area contributed by atoms with Gasteiger partial charge in [0.15, 0.2) is 0 Å². The number of aliphatic hydroxyl groups excluding tert-OH is 1. The van der Waals surface area contributed by atoms with Gasteiger partial charge in [-0.15, -0.1) is 0 Å². The van der Waals surface area contributed by atoms with Crippen molar-refractivity contribution in [3.63, 3.8) is 0 Å². The van der Waals surface area contributed by atoms with Gasteiger partial charge in [-0.3, -0.25) is 14.6 Å². The molecule has 6 nitrogen and oxygen atoms in total. The Morgan fingerprint density at radius 2 is 1.83 bits per heavy atom. The average molecular weight is 434 g/mol. The minimum absolute atomic E-state index is 0.0319. The molecule has 2 heterocycles. The molecule has 0 unspecified atom stereocenters. The monoisotopic (exact) mass is 433 g/mol. The van der Waals surface area contributed by atoms with Crippen LogP contribution in [0.3, 0.4) is 0 Å². The first-order valence-corrected chi connectivity index (χ1v) is 9.85. The quantitative estimate of drug-likeness (QED) is 0.426. The summed E-state index contributed by atoms with van der Waals surface area (Å²) in [5.41, 5.74) is 1.06. The smallest absolute Gasteiger partial charge is 0.295 e. The Morgan fingerprint density at radius 3 is 2.45 bits per heavy atom. The first kappa shape index (κ1) is 21.3. The lowest BCUT2D eigenvalue weighted by molar-refractivity contribution is -0.139. The van der Waals surface area contributed by atoms with Gasteiger partial charge >= 0.3 is 0 Å². The average Bonchev–Trinajstić information content (AvgIpc) is 2.95. The number of aromatic nitrogens is 1. The molecule has 1 N–H and O–H groups in total. The SMILES string of the molecule is CN(C)CCCN1C(=O)C(=O)C(=C(O)c2ccncc2)[C@H]1c1ccc(Cl)c(Cl)c1. The molecule has 1 aliphatic rings. The molecule has 1 fully saturated rings.